The van der Waals surface area contributed by atoms with Crippen molar-refractivity contribution >= 4 is 16.6 Å². The van der Waals surface area contributed by atoms with Crippen LogP contribution in [-0.4, -0.2) is 29.8 Å². The summed E-state index contributed by atoms with van der Waals surface area (Å²) in [4.78, 5) is 0. The van der Waals surface area contributed by atoms with Gasteiger partial charge < -0.3 is 8.85 Å². The van der Waals surface area contributed by atoms with E-state index < -0.39 is 16.6 Å². The molecule has 1 aliphatic rings. The highest BCUT2D eigenvalue weighted by Gasteiger charge is 2.36. The Hall–Kier alpha value is -0.166. The van der Waals surface area contributed by atoms with Crippen molar-refractivity contribution in [3.8, 4) is 0 Å². The molecule has 0 unspecified atom stereocenters. The van der Waals surface area contributed by atoms with Crippen LogP contribution in [0.15, 0.2) is 23.3 Å². The summed E-state index contributed by atoms with van der Waals surface area (Å²) in [5.74, 6) is 0. The van der Waals surface area contributed by atoms with E-state index in [1.807, 2.05) is 0 Å². The van der Waals surface area contributed by atoms with Crippen LogP contribution in [0.2, 0.25) is 39.3 Å². The molecule has 0 aromatic carbocycles. The fourth-order valence-electron chi connectivity index (χ4n) is 2.25. The molecule has 1 rings (SSSR count). The average molecular weight is 313 g/mol. The molecule has 0 bridgehead atoms. The Bertz CT molecular complexity index is 409. The second kappa shape index (κ2) is 5.91. The van der Waals surface area contributed by atoms with Crippen molar-refractivity contribution in [1.82, 2.24) is 0 Å². The first kappa shape index (κ1) is 17.9. The zero-order chi connectivity index (χ0) is 15.8. The molecule has 0 spiro atoms. The molecule has 0 saturated heterocycles. The van der Waals surface area contributed by atoms with Gasteiger partial charge in [-0.25, -0.2) is 0 Å². The molecule has 0 atom stereocenters. The second-order valence-electron chi connectivity index (χ2n) is 8.29. The van der Waals surface area contributed by atoms with Crippen LogP contribution < -0.4 is 0 Å². The van der Waals surface area contributed by atoms with Gasteiger partial charge in [0, 0.05) is 5.41 Å². The molecule has 0 N–H and O–H groups in total. The van der Waals surface area contributed by atoms with E-state index in [-0.39, 0.29) is 5.41 Å². The van der Waals surface area contributed by atoms with Crippen LogP contribution in [0.3, 0.4) is 0 Å². The molecule has 20 heavy (non-hydrogen) atoms. The van der Waals surface area contributed by atoms with Gasteiger partial charge in [0.25, 0.3) is 0 Å². The Balaban J connectivity index is 2.90. The van der Waals surface area contributed by atoms with Gasteiger partial charge >= 0.3 is 0 Å². The van der Waals surface area contributed by atoms with Crippen LogP contribution in [-0.2, 0) is 8.85 Å². The SMILES string of the molecule is C=C1CC(CO[Si](C)(C)C)=C(CO[Si](C)(C)C)C1(C)C. The van der Waals surface area contributed by atoms with Gasteiger partial charge in [-0.1, -0.05) is 26.0 Å². The van der Waals surface area contributed by atoms with E-state index in [0.717, 1.165) is 19.6 Å². The third kappa shape index (κ3) is 4.99. The van der Waals surface area contributed by atoms with Crippen molar-refractivity contribution in [2.24, 2.45) is 5.41 Å². The van der Waals surface area contributed by atoms with E-state index in [4.69, 9.17) is 8.85 Å². The molecule has 0 aromatic rings. The number of allylic oxidation sites excluding steroid dienone is 1. The van der Waals surface area contributed by atoms with Crippen molar-refractivity contribution in [3.63, 3.8) is 0 Å². The maximum Gasteiger partial charge on any atom is 0.184 e. The fourth-order valence-corrected chi connectivity index (χ4v) is 3.44. The van der Waals surface area contributed by atoms with E-state index >= 15 is 0 Å². The Morgan fingerprint density at radius 3 is 1.85 bits per heavy atom. The average Bonchev–Trinajstić information content (AvgIpc) is 2.42. The molecule has 0 heterocycles. The summed E-state index contributed by atoms with van der Waals surface area (Å²) in [7, 11) is -2.97. The van der Waals surface area contributed by atoms with Gasteiger partial charge in [-0.05, 0) is 56.8 Å². The van der Waals surface area contributed by atoms with Crippen molar-refractivity contribution < 1.29 is 8.85 Å². The van der Waals surface area contributed by atoms with Crippen LogP contribution in [0.1, 0.15) is 20.3 Å². The molecule has 0 amide bonds. The lowest BCUT2D eigenvalue weighted by atomic mass is 9.83. The summed E-state index contributed by atoms with van der Waals surface area (Å²) in [6.45, 7) is 23.7. The number of rotatable bonds is 6. The second-order valence-corrected chi connectivity index (χ2v) is 17.3. The lowest BCUT2D eigenvalue weighted by Crippen LogP contribution is -2.30. The molecule has 0 saturated carbocycles. The molecule has 0 radical (unpaired) electrons. The van der Waals surface area contributed by atoms with Gasteiger partial charge in [-0.2, -0.15) is 0 Å². The molecule has 116 valence electrons. The van der Waals surface area contributed by atoms with Gasteiger partial charge in [0.05, 0.1) is 13.2 Å². The minimum atomic E-state index is -1.49. The van der Waals surface area contributed by atoms with Crippen molar-refractivity contribution in [2.75, 3.05) is 13.2 Å². The molecule has 1 aliphatic carbocycles. The summed E-state index contributed by atoms with van der Waals surface area (Å²) in [6, 6.07) is 0. The normalized spacial score (nSPS) is 19.9. The van der Waals surface area contributed by atoms with Gasteiger partial charge in [0.2, 0.25) is 0 Å². The molecule has 2 nitrogen and oxygen atoms in total. The number of hydrogen-bond acceptors (Lipinski definition) is 2. The van der Waals surface area contributed by atoms with E-state index in [9.17, 15) is 0 Å². The Kier molecular flexibility index (Phi) is 5.29. The summed E-state index contributed by atoms with van der Waals surface area (Å²) in [5.41, 5.74) is 4.15. The largest absolute Gasteiger partial charge is 0.414 e. The van der Waals surface area contributed by atoms with E-state index in [0.29, 0.717) is 0 Å². The molecule has 0 fully saturated rings. The van der Waals surface area contributed by atoms with Crippen molar-refractivity contribution in [1.29, 1.82) is 0 Å². The minimum absolute atomic E-state index is 0.0534. The monoisotopic (exact) mass is 312 g/mol. The van der Waals surface area contributed by atoms with Crippen molar-refractivity contribution in [3.05, 3.63) is 23.3 Å². The van der Waals surface area contributed by atoms with Crippen molar-refractivity contribution in [2.45, 2.75) is 59.6 Å². The van der Waals surface area contributed by atoms with Gasteiger partial charge in [0.15, 0.2) is 16.6 Å². The molecular weight excluding hydrogens is 280 g/mol. The van der Waals surface area contributed by atoms with E-state index in [1.54, 1.807) is 0 Å². The summed E-state index contributed by atoms with van der Waals surface area (Å²) >= 11 is 0. The third-order valence-electron chi connectivity index (χ3n) is 3.82. The zero-order valence-electron chi connectivity index (χ0n) is 14.6. The van der Waals surface area contributed by atoms with Crippen LogP contribution in [0.5, 0.6) is 0 Å². The molecule has 4 heteroatoms. The molecular formula is C16H32O2Si2. The standard InChI is InChI=1S/C16H32O2Si2/c1-13-10-14(11-17-19(4,5)6)15(16(13,2)3)12-18-20(7,8)9/h1,10-12H2,2-9H3. The Morgan fingerprint density at radius 2 is 1.40 bits per heavy atom. The lowest BCUT2D eigenvalue weighted by molar-refractivity contribution is 0.310. The first-order valence-corrected chi connectivity index (χ1v) is 14.3. The Labute approximate surface area is 127 Å². The smallest absolute Gasteiger partial charge is 0.184 e. The van der Waals surface area contributed by atoms with Crippen LogP contribution in [0.25, 0.3) is 0 Å². The highest BCUT2D eigenvalue weighted by molar-refractivity contribution is 6.70. The fraction of sp³-hybridized carbons (Fsp3) is 0.750. The maximum absolute atomic E-state index is 6.16. The maximum atomic E-state index is 6.16. The topological polar surface area (TPSA) is 18.5 Å². The summed E-state index contributed by atoms with van der Waals surface area (Å²) in [6.07, 6.45) is 0.974. The lowest BCUT2D eigenvalue weighted by Gasteiger charge is -2.28. The quantitative estimate of drug-likeness (QED) is 0.509. The van der Waals surface area contributed by atoms with E-state index in [2.05, 4.69) is 59.7 Å². The van der Waals surface area contributed by atoms with Crippen LogP contribution >= 0.6 is 0 Å². The van der Waals surface area contributed by atoms with Crippen LogP contribution in [0, 0.1) is 5.41 Å². The summed E-state index contributed by atoms with van der Waals surface area (Å²) < 4.78 is 12.3. The van der Waals surface area contributed by atoms with Crippen LogP contribution in [0.4, 0.5) is 0 Å². The molecule has 0 aromatic heterocycles. The Morgan fingerprint density at radius 1 is 0.950 bits per heavy atom. The first-order chi connectivity index (χ1) is 8.83. The van der Waals surface area contributed by atoms with Gasteiger partial charge in [-0.15, -0.1) is 0 Å². The third-order valence-corrected chi connectivity index (χ3v) is 5.84. The van der Waals surface area contributed by atoms with E-state index in [1.165, 1.54) is 16.7 Å². The zero-order valence-corrected chi connectivity index (χ0v) is 16.6. The first-order valence-electron chi connectivity index (χ1n) is 7.50. The predicted molar refractivity (Wildman–Crippen MR) is 93.2 cm³/mol. The highest BCUT2D eigenvalue weighted by Crippen LogP contribution is 2.46. The molecule has 0 aliphatic heterocycles. The highest BCUT2D eigenvalue weighted by atomic mass is 28.4. The van der Waals surface area contributed by atoms with Gasteiger partial charge in [-0.3, -0.25) is 0 Å². The number of hydrogen-bond donors (Lipinski definition) is 0. The van der Waals surface area contributed by atoms with Gasteiger partial charge in [0.1, 0.15) is 0 Å². The summed E-state index contributed by atoms with van der Waals surface area (Å²) in [5, 5.41) is 0. The minimum Gasteiger partial charge on any atom is -0.414 e. The predicted octanol–water partition coefficient (Wildman–Crippen LogP) is 4.97.